The number of unbranched alkanes of at least 4 members (excludes halogenated alkanes) is 6. The van der Waals surface area contributed by atoms with Gasteiger partial charge in [0.15, 0.2) is 0 Å². The largest absolute Gasteiger partial charge is 6.00 e. The fourth-order valence-electron chi connectivity index (χ4n) is 1.93. The van der Waals surface area contributed by atoms with Gasteiger partial charge in [0, 0.05) is 48.2 Å². The summed E-state index contributed by atoms with van der Waals surface area (Å²) in [5.74, 6) is 0. The van der Waals surface area contributed by atoms with E-state index < -0.39 is 48.2 Å². The van der Waals surface area contributed by atoms with Gasteiger partial charge in [-0.1, -0.05) is 80.1 Å². The normalized spacial score (nSPS) is 13.7. The van der Waals surface area contributed by atoms with Gasteiger partial charge < -0.3 is 56.8 Å². The molecule has 0 heterocycles. The first-order valence-corrected chi connectivity index (χ1v) is 24.0. The quantitative estimate of drug-likeness (QED) is 0.142. The minimum atomic E-state index is -2.40. The van der Waals surface area contributed by atoms with Gasteiger partial charge in [0.25, 0.3) is 0 Å². The zero-order chi connectivity index (χ0) is 34.2. The molecule has 0 saturated carbocycles. The van der Waals surface area contributed by atoms with E-state index in [-0.39, 0.29) is 21.1 Å². The van der Waals surface area contributed by atoms with E-state index in [9.17, 15) is 56.8 Å². The second-order valence-electron chi connectivity index (χ2n) is 8.85. The second kappa shape index (κ2) is 56.2. The van der Waals surface area contributed by atoms with E-state index in [0.29, 0.717) is 37.0 Å². The summed E-state index contributed by atoms with van der Waals surface area (Å²) in [5, 5.41) is 0. The maximum Gasteiger partial charge on any atom is 6.00 e. The van der Waals surface area contributed by atoms with Crippen LogP contribution in [0.1, 0.15) is 119 Å². The Kier molecular flexibility index (Phi) is 78.6. The molecule has 0 spiro atoms. The van der Waals surface area contributed by atoms with Crippen LogP contribution in [0.4, 0.5) is 0 Å². The maximum absolute atomic E-state index is 9.83. The summed E-state index contributed by atoms with van der Waals surface area (Å²) in [6.45, 7) is 11.9. The number of hydrogen-bond acceptors (Lipinski definition) is 12. The minimum absolute atomic E-state index is 0. The van der Waals surface area contributed by atoms with Crippen molar-refractivity contribution in [1.82, 2.24) is 0 Å². The minimum Gasteiger partial charge on any atom is -0.802 e. The Morgan fingerprint density at radius 1 is 0.302 bits per heavy atom. The predicted molar refractivity (Wildman–Crippen MR) is 173 cm³/mol. The van der Waals surface area contributed by atoms with Crippen LogP contribution < -0.4 is 29.4 Å². The van der Waals surface area contributed by atoms with Crippen LogP contribution in [0, 0.1) is 0 Å². The van der Waals surface area contributed by atoms with Gasteiger partial charge >= 0.3 is 21.1 Å². The number of rotatable bonds is 18. The Labute approximate surface area is 280 Å². The third-order valence-corrected chi connectivity index (χ3v) is 8.98. The Hall–Kier alpha value is 1.83. The molecule has 0 saturated heterocycles. The van der Waals surface area contributed by atoms with Gasteiger partial charge in [-0.05, 0) is 75.5 Å². The van der Waals surface area contributed by atoms with Crippen LogP contribution >= 0.6 is 48.2 Å². The molecule has 6 atom stereocenters. The van der Waals surface area contributed by atoms with E-state index in [4.69, 9.17) is 0 Å². The molecule has 43 heavy (non-hydrogen) atoms. The summed E-state index contributed by atoms with van der Waals surface area (Å²) in [6, 6.07) is 0. The molecule has 0 aromatic heterocycles. The summed E-state index contributed by atoms with van der Waals surface area (Å²) >= 11 is 0. The molecule has 0 rings (SSSR count). The van der Waals surface area contributed by atoms with Crippen LogP contribution in [0.3, 0.4) is 0 Å². The molecule has 0 radical (unpaired) electrons. The molecule has 0 bridgehead atoms. The third-order valence-electron chi connectivity index (χ3n) is 4.41. The van der Waals surface area contributed by atoms with Gasteiger partial charge in [0.05, 0.1) is 0 Å². The van der Waals surface area contributed by atoms with Crippen molar-refractivity contribution in [3.05, 3.63) is 0 Å². The maximum atomic E-state index is 9.83. The van der Waals surface area contributed by atoms with Crippen LogP contribution in [-0.4, -0.2) is 37.0 Å². The van der Waals surface area contributed by atoms with E-state index in [1.165, 1.54) is 0 Å². The predicted octanol–water partition coefficient (Wildman–Crippen LogP) is 3.73. The van der Waals surface area contributed by atoms with Crippen LogP contribution in [0.2, 0.25) is 0 Å². The smallest absolute Gasteiger partial charge is 0.802 e. The fraction of sp³-hybridized carbons (Fsp3) is 1.00. The molecule has 19 heteroatoms. The average molecular weight is 823 g/mol. The van der Waals surface area contributed by atoms with E-state index in [2.05, 4.69) is 0 Å². The zero-order valence-corrected chi connectivity index (χ0v) is 35.0. The summed E-state index contributed by atoms with van der Waals surface area (Å²) < 4.78 is 59.0. The number of hydrogen-bond donors (Lipinski definition) is 0. The second-order valence-corrected chi connectivity index (χ2v) is 16.3. The first kappa shape index (κ1) is 60.2. The molecule has 0 fully saturated rings. The molecule has 12 nitrogen and oxygen atoms in total. The van der Waals surface area contributed by atoms with Crippen molar-refractivity contribution >= 4 is 48.2 Å². The molecule has 6 unspecified atom stereocenters. The van der Waals surface area contributed by atoms with Crippen LogP contribution in [0.15, 0.2) is 0 Å². The Bertz CT molecular complexity index is 523. The zero-order valence-electron chi connectivity index (χ0n) is 27.0. The van der Waals surface area contributed by atoms with Gasteiger partial charge in [-0.25, -0.2) is 0 Å². The molecule has 0 amide bonds. The average Bonchev–Trinajstić information content (AvgIpc) is 2.91. The van der Waals surface area contributed by atoms with Crippen LogP contribution in [0.5, 0.6) is 0 Å². The Balaban J connectivity index is -0.0000000720. The standard InChI is InChI=1S/6C4H11O2P.Mo/c6*1-2-3-4-7(5)6;/h6*7H,2-4H2,1H3,(H,5,6);/q;;;;;;+6/p-6. The Morgan fingerprint density at radius 3 is 0.419 bits per heavy atom. The summed E-state index contributed by atoms with van der Waals surface area (Å²) in [5.41, 5.74) is 0. The molecule has 264 valence electrons. The third kappa shape index (κ3) is 115. The first-order valence-electron chi connectivity index (χ1n) is 14.8. The Morgan fingerprint density at radius 2 is 0.395 bits per heavy atom. The van der Waals surface area contributed by atoms with Crippen molar-refractivity contribution in [2.24, 2.45) is 0 Å². The van der Waals surface area contributed by atoms with Crippen molar-refractivity contribution in [2.75, 3.05) is 37.0 Å². The summed E-state index contributed by atoms with van der Waals surface area (Å²) in [6.07, 6.45) is 13.1. The van der Waals surface area contributed by atoms with Crippen molar-refractivity contribution < 1.29 is 77.8 Å². The van der Waals surface area contributed by atoms with Gasteiger partial charge in [-0.3, -0.25) is 0 Å². The molecular formula is C24H60MoO12P6. The van der Waals surface area contributed by atoms with Crippen molar-refractivity contribution in [1.29, 1.82) is 0 Å². The summed E-state index contributed by atoms with van der Waals surface area (Å²) in [4.78, 5) is 59.0. The molecule has 0 N–H and O–H groups in total. The molecule has 0 aromatic rings. The van der Waals surface area contributed by atoms with Gasteiger partial charge in [0.2, 0.25) is 0 Å². The molecule has 0 aliphatic carbocycles. The molecular weight excluding hydrogens is 762 g/mol. The SMILES string of the molecule is CCCC[PH](=O)[O-].CCCC[PH](=O)[O-].CCCC[PH](=O)[O-].CCCC[PH](=O)[O-].CCCC[PH](=O)[O-].CCCC[PH](=O)[O-].[Mo+6]. The monoisotopic (exact) mass is 824 g/mol. The van der Waals surface area contributed by atoms with Crippen molar-refractivity contribution in [3.63, 3.8) is 0 Å². The molecule has 0 aliphatic rings. The van der Waals surface area contributed by atoms with Gasteiger partial charge in [-0.15, -0.1) is 0 Å². The van der Waals surface area contributed by atoms with Crippen molar-refractivity contribution in [2.45, 2.75) is 119 Å². The first-order chi connectivity index (χ1) is 19.6. The van der Waals surface area contributed by atoms with E-state index in [0.717, 1.165) is 77.0 Å². The van der Waals surface area contributed by atoms with Crippen molar-refractivity contribution in [3.8, 4) is 0 Å². The van der Waals surface area contributed by atoms with Crippen LogP contribution in [0.25, 0.3) is 0 Å². The van der Waals surface area contributed by atoms with Gasteiger partial charge in [0.1, 0.15) is 0 Å². The van der Waals surface area contributed by atoms with Crippen LogP contribution in [-0.2, 0) is 48.5 Å². The van der Waals surface area contributed by atoms with E-state index in [1.807, 2.05) is 41.5 Å². The fourth-order valence-corrected chi connectivity index (χ4v) is 5.78. The topological polar surface area (TPSA) is 241 Å². The van der Waals surface area contributed by atoms with E-state index >= 15 is 0 Å². The summed E-state index contributed by atoms with van der Waals surface area (Å²) in [7, 11) is -14.4. The molecule has 0 aliphatic heterocycles. The van der Waals surface area contributed by atoms with Gasteiger partial charge in [-0.2, -0.15) is 0 Å². The van der Waals surface area contributed by atoms with E-state index in [1.54, 1.807) is 0 Å². The molecule has 0 aromatic carbocycles.